The molecule has 0 saturated heterocycles. The van der Waals surface area contributed by atoms with Gasteiger partial charge in [-0.3, -0.25) is 9.59 Å². The van der Waals surface area contributed by atoms with Crippen LogP contribution in [0.2, 0.25) is 0 Å². The monoisotopic (exact) mass is 535 g/mol. The first-order valence-corrected chi connectivity index (χ1v) is 12.0. The SMILES string of the molecule is Cc1cnc(-c2cc(C(=O)N[C@H](C)c3cnc(C(F)(F)F)nc3)cc3c2OCC(=O)N3CC(C)(C)O)s1. The van der Waals surface area contributed by atoms with Gasteiger partial charge >= 0.3 is 6.18 Å². The molecular weight excluding hydrogens is 511 g/mol. The number of hydrogen-bond acceptors (Lipinski definition) is 8. The number of rotatable bonds is 6. The van der Waals surface area contributed by atoms with Crippen molar-refractivity contribution in [3.63, 3.8) is 0 Å². The van der Waals surface area contributed by atoms with Crippen molar-refractivity contribution in [1.82, 2.24) is 20.3 Å². The lowest BCUT2D eigenvalue weighted by molar-refractivity contribution is -0.145. The molecule has 1 atom stereocenters. The number of β-amino-alcohol motifs (C(OH)–C–C–N with tert-alkyl or cyclic N) is 1. The van der Waals surface area contributed by atoms with Gasteiger partial charge in [-0.25, -0.2) is 15.0 Å². The van der Waals surface area contributed by atoms with Crippen LogP contribution in [0.25, 0.3) is 10.6 Å². The lowest BCUT2D eigenvalue weighted by Gasteiger charge is -2.34. The Morgan fingerprint density at radius 1 is 1.22 bits per heavy atom. The highest BCUT2D eigenvalue weighted by molar-refractivity contribution is 7.15. The molecule has 0 fully saturated rings. The molecule has 1 aromatic carbocycles. The number of aromatic nitrogens is 3. The number of aliphatic hydroxyl groups is 1. The highest BCUT2D eigenvalue weighted by Gasteiger charge is 2.35. The fourth-order valence-electron chi connectivity index (χ4n) is 3.71. The first-order valence-electron chi connectivity index (χ1n) is 11.2. The largest absolute Gasteiger partial charge is 0.481 e. The molecule has 2 amide bonds. The molecule has 3 heterocycles. The number of aryl methyl sites for hydroxylation is 1. The van der Waals surface area contributed by atoms with Gasteiger partial charge in [-0.05, 0) is 39.8 Å². The molecule has 0 bridgehead atoms. The summed E-state index contributed by atoms with van der Waals surface area (Å²) < 4.78 is 44.1. The second-order valence-electron chi connectivity index (χ2n) is 9.26. The Morgan fingerprint density at radius 3 is 2.46 bits per heavy atom. The van der Waals surface area contributed by atoms with Gasteiger partial charge in [-0.15, -0.1) is 11.3 Å². The van der Waals surface area contributed by atoms with Crippen molar-refractivity contribution in [2.75, 3.05) is 18.1 Å². The van der Waals surface area contributed by atoms with Gasteiger partial charge in [0.1, 0.15) is 5.01 Å². The standard InChI is InChI=1S/C24H24F3N5O4S/c1-12-7-28-21(37-12)16-5-14(6-17-19(16)36-10-18(33)32(17)11-23(3,4)35)20(34)31-13(2)15-8-29-22(30-9-15)24(25,26)27/h5-9,13,35H,10-11H2,1-4H3,(H,31,34)/t13-/m1/s1. The number of hydrogen-bond donors (Lipinski definition) is 2. The van der Waals surface area contributed by atoms with E-state index in [2.05, 4.69) is 20.3 Å². The van der Waals surface area contributed by atoms with Crippen molar-refractivity contribution < 1.29 is 32.6 Å². The number of amides is 2. The van der Waals surface area contributed by atoms with Gasteiger partial charge in [-0.1, -0.05) is 0 Å². The Hall–Kier alpha value is -3.58. The lowest BCUT2D eigenvalue weighted by Crippen LogP contribution is -2.46. The van der Waals surface area contributed by atoms with Crippen LogP contribution in [0.1, 0.15) is 53.4 Å². The summed E-state index contributed by atoms with van der Waals surface area (Å²) >= 11 is 1.38. The smallest absolute Gasteiger partial charge is 0.451 e. The minimum absolute atomic E-state index is 0.0388. The highest BCUT2D eigenvalue weighted by atomic mass is 32.1. The third-order valence-corrected chi connectivity index (χ3v) is 6.38. The molecule has 13 heteroatoms. The number of carbonyl (C=O) groups excluding carboxylic acids is 2. The normalized spacial score (nSPS) is 14.7. The zero-order chi connectivity index (χ0) is 27.1. The zero-order valence-corrected chi connectivity index (χ0v) is 21.2. The summed E-state index contributed by atoms with van der Waals surface area (Å²) in [5.74, 6) is -1.85. The van der Waals surface area contributed by atoms with Gasteiger partial charge in [0.2, 0.25) is 5.82 Å². The van der Waals surface area contributed by atoms with Crippen molar-refractivity contribution in [1.29, 1.82) is 0 Å². The van der Waals surface area contributed by atoms with Crippen molar-refractivity contribution in [3.8, 4) is 16.3 Å². The molecule has 9 nitrogen and oxygen atoms in total. The molecule has 37 heavy (non-hydrogen) atoms. The van der Waals surface area contributed by atoms with E-state index in [1.54, 1.807) is 33.0 Å². The van der Waals surface area contributed by atoms with Gasteiger partial charge in [0.15, 0.2) is 12.4 Å². The van der Waals surface area contributed by atoms with Crippen LogP contribution in [-0.4, -0.2) is 50.6 Å². The van der Waals surface area contributed by atoms with Crippen LogP contribution < -0.4 is 15.0 Å². The number of anilines is 1. The molecule has 1 aliphatic rings. The number of nitrogens with one attached hydrogen (secondary N) is 1. The molecular formula is C24H24F3N5O4S. The second kappa shape index (κ2) is 9.71. The maximum atomic E-state index is 13.3. The van der Waals surface area contributed by atoms with Crippen LogP contribution in [0.15, 0.2) is 30.7 Å². The maximum absolute atomic E-state index is 13.3. The fraction of sp³-hybridized carbons (Fsp3) is 0.375. The van der Waals surface area contributed by atoms with Crippen LogP contribution in [0, 0.1) is 6.92 Å². The molecule has 4 rings (SSSR count). The summed E-state index contributed by atoms with van der Waals surface area (Å²) in [5, 5.41) is 13.7. The van der Waals surface area contributed by atoms with Crippen LogP contribution >= 0.6 is 11.3 Å². The first-order chi connectivity index (χ1) is 17.2. The Bertz CT molecular complexity index is 1340. The number of thiazole rings is 1. The summed E-state index contributed by atoms with van der Waals surface area (Å²) in [4.78, 5) is 39.3. The van der Waals surface area contributed by atoms with Crippen molar-refractivity contribution in [2.45, 2.75) is 45.5 Å². The van der Waals surface area contributed by atoms with E-state index in [4.69, 9.17) is 4.74 Å². The van der Waals surface area contributed by atoms with Gasteiger partial charge in [0.05, 0.1) is 29.4 Å². The average molecular weight is 536 g/mol. The van der Waals surface area contributed by atoms with Crippen LogP contribution in [0.4, 0.5) is 18.9 Å². The third kappa shape index (κ3) is 5.88. The molecule has 3 aromatic rings. The summed E-state index contributed by atoms with van der Waals surface area (Å²) in [6.07, 6.45) is -0.981. The highest BCUT2D eigenvalue weighted by Crippen LogP contribution is 2.43. The predicted molar refractivity (Wildman–Crippen MR) is 129 cm³/mol. The van der Waals surface area contributed by atoms with Crippen LogP contribution in [0.3, 0.4) is 0 Å². The quantitative estimate of drug-likeness (QED) is 0.491. The molecule has 0 aliphatic carbocycles. The summed E-state index contributed by atoms with van der Waals surface area (Å²) in [5.41, 5.74) is 0.0221. The number of carbonyl (C=O) groups is 2. The van der Waals surface area contributed by atoms with Crippen molar-refractivity contribution in [2.24, 2.45) is 0 Å². The van der Waals surface area contributed by atoms with Crippen LogP contribution in [-0.2, 0) is 11.0 Å². The number of benzene rings is 1. The summed E-state index contributed by atoms with van der Waals surface area (Å²) in [7, 11) is 0. The minimum atomic E-state index is -4.67. The van der Waals surface area contributed by atoms with Gasteiger partial charge < -0.3 is 20.1 Å². The van der Waals surface area contributed by atoms with E-state index < -0.39 is 29.6 Å². The Kier molecular flexibility index (Phi) is 6.95. The molecule has 1 aliphatic heterocycles. The molecule has 0 radical (unpaired) electrons. The Labute approximate surface area is 214 Å². The van der Waals surface area contributed by atoms with Gasteiger partial charge in [-0.2, -0.15) is 13.2 Å². The molecule has 2 aromatic heterocycles. The van der Waals surface area contributed by atoms with Crippen molar-refractivity contribution >= 4 is 28.8 Å². The lowest BCUT2D eigenvalue weighted by atomic mass is 10.0. The Balaban J connectivity index is 1.71. The minimum Gasteiger partial charge on any atom is -0.481 e. The van der Waals surface area contributed by atoms with E-state index >= 15 is 0 Å². The summed E-state index contributed by atoms with van der Waals surface area (Å²) in [6.45, 7) is 6.30. The topological polar surface area (TPSA) is 118 Å². The van der Waals surface area contributed by atoms with E-state index in [9.17, 15) is 27.9 Å². The van der Waals surface area contributed by atoms with E-state index in [0.29, 0.717) is 22.0 Å². The number of alkyl halides is 3. The third-order valence-electron chi connectivity index (χ3n) is 5.43. The van der Waals surface area contributed by atoms with E-state index in [0.717, 1.165) is 17.3 Å². The number of fused-ring (bicyclic) bond motifs is 1. The van der Waals surface area contributed by atoms with E-state index in [1.807, 2.05) is 6.92 Å². The van der Waals surface area contributed by atoms with Gasteiger partial charge in [0, 0.05) is 34.6 Å². The average Bonchev–Trinajstić information content (AvgIpc) is 3.25. The first kappa shape index (κ1) is 26.5. The molecule has 0 unspecified atom stereocenters. The van der Waals surface area contributed by atoms with Crippen molar-refractivity contribution in [3.05, 3.63) is 52.6 Å². The second-order valence-corrected chi connectivity index (χ2v) is 10.5. The van der Waals surface area contributed by atoms with Gasteiger partial charge in [0.25, 0.3) is 11.8 Å². The van der Waals surface area contributed by atoms with E-state index in [-0.39, 0.29) is 30.2 Å². The van der Waals surface area contributed by atoms with E-state index in [1.165, 1.54) is 22.3 Å². The molecule has 196 valence electrons. The predicted octanol–water partition coefficient (Wildman–Crippen LogP) is 3.91. The Morgan fingerprint density at radius 2 is 1.89 bits per heavy atom. The summed E-state index contributed by atoms with van der Waals surface area (Å²) in [6, 6.07) is 2.34. The fourth-order valence-corrected chi connectivity index (χ4v) is 4.49. The number of ether oxygens (including phenoxy) is 1. The van der Waals surface area contributed by atoms with Crippen LogP contribution in [0.5, 0.6) is 5.75 Å². The molecule has 0 spiro atoms. The molecule has 2 N–H and O–H groups in total. The maximum Gasteiger partial charge on any atom is 0.451 e. The molecule has 0 saturated carbocycles. The number of nitrogens with zero attached hydrogens (tertiary/aromatic N) is 4. The zero-order valence-electron chi connectivity index (χ0n) is 20.4. The number of halogens is 3.